The Kier molecular flexibility index (Phi) is 12.2. The number of aliphatic imine (C=N–C) groups is 1. The van der Waals surface area contributed by atoms with E-state index in [2.05, 4.69) is 34.6 Å². The Labute approximate surface area is 251 Å². The Morgan fingerprint density at radius 2 is 1.60 bits per heavy atom. The molecule has 0 bridgehead atoms. The van der Waals surface area contributed by atoms with E-state index in [4.69, 9.17) is 25.7 Å². The van der Waals surface area contributed by atoms with Crippen LogP contribution in [-0.4, -0.2) is 66.2 Å². The maximum Gasteiger partial charge on any atom is 0.220 e. The number of thioether (sulfide) groups is 1. The van der Waals surface area contributed by atoms with Gasteiger partial charge in [0.15, 0.2) is 5.96 Å². The molecule has 0 spiro atoms. The summed E-state index contributed by atoms with van der Waals surface area (Å²) in [7, 11) is 0. The number of ether oxygens (including phenoxy) is 3. The average molecular weight is 593 g/mol. The van der Waals surface area contributed by atoms with Crippen molar-refractivity contribution in [1.82, 2.24) is 5.32 Å². The molecule has 42 heavy (non-hydrogen) atoms. The van der Waals surface area contributed by atoms with Gasteiger partial charge in [-0.3, -0.25) is 9.79 Å². The van der Waals surface area contributed by atoms with E-state index >= 15 is 0 Å². The summed E-state index contributed by atoms with van der Waals surface area (Å²) in [5.41, 5.74) is 14.6. The maximum absolute atomic E-state index is 12.8. The minimum atomic E-state index is -1.02. The highest BCUT2D eigenvalue weighted by Crippen LogP contribution is 2.30. The van der Waals surface area contributed by atoms with Gasteiger partial charge in [0.05, 0.1) is 25.9 Å². The largest absolute Gasteiger partial charge is 0.388 e. The molecule has 3 aromatic rings. The third kappa shape index (κ3) is 9.30. The van der Waals surface area contributed by atoms with Crippen LogP contribution in [-0.2, 0) is 32.2 Å². The highest BCUT2D eigenvalue weighted by atomic mass is 32.2. The molecule has 1 aliphatic rings. The molecule has 1 aliphatic heterocycles. The van der Waals surface area contributed by atoms with Gasteiger partial charge >= 0.3 is 0 Å². The van der Waals surface area contributed by atoms with Gasteiger partial charge in [-0.1, -0.05) is 84.9 Å². The fraction of sp³-hybridized carbons (Fsp3) is 0.375. The smallest absolute Gasteiger partial charge is 0.220 e. The zero-order valence-electron chi connectivity index (χ0n) is 23.8. The maximum atomic E-state index is 12.8. The summed E-state index contributed by atoms with van der Waals surface area (Å²) in [6.07, 6.45) is 0.247. The second-order valence-electron chi connectivity index (χ2n) is 10.1. The Morgan fingerprint density at radius 1 is 0.952 bits per heavy atom. The zero-order valence-corrected chi connectivity index (χ0v) is 24.6. The van der Waals surface area contributed by atoms with E-state index in [-0.39, 0.29) is 31.5 Å². The first-order valence-corrected chi connectivity index (χ1v) is 15.3. The molecule has 224 valence electrons. The molecule has 1 fully saturated rings. The van der Waals surface area contributed by atoms with Crippen molar-refractivity contribution >= 4 is 23.6 Å². The summed E-state index contributed by atoms with van der Waals surface area (Å²) in [6, 6.07) is 27.6. The van der Waals surface area contributed by atoms with Crippen molar-refractivity contribution in [3.63, 3.8) is 0 Å². The van der Waals surface area contributed by atoms with Crippen LogP contribution in [0.2, 0.25) is 0 Å². The predicted octanol–water partition coefficient (Wildman–Crippen LogP) is 3.44. The lowest BCUT2D eigenvalue weighted by Gasteiger charge is -2.44. The number of carbonyl (C=O) groups is 1. The molecule has 6 N–H and O–H groups in total. The van der Waals surface area contributed by atoms with Gasteiger partial charge in [0.25, 0.3) is 0 Å². The number of aliphatic hydroxyl groups is 1. The molecular weight excluding hydrogens is 552 g/mol. The third-order valence-corrected chi connectivity index (χ3v) is 7.86. The van der Waals surface area contributed by atoms with Gasteiger partial charge < -0.3 is 36.1 Å². The number of aliphatic hydroxyl groups excluding tert-OH is 1. The van der Waals surface area contributed by atoms with Gasteiger partial charge in [-0.15, -0.1) is 11.8 Å². The normalized spacial score (nSPS) is 21.9. The van der Waals surface area contributed by atoms with Gasteiger partial charge in [0.1, 0.15) is 23.7 Å². The molecule has 9 nitrogen and oxygen atoms in total. The number of hydrogen-bond acceptors (Lipinski definition) is 7. The highest BCUT2D eigenvalue weighted by molar-refractivity contribution is 7.99. The summed E-state index contributed by atoms with van der Waals surface area (Å²) in [5, 5.41) is 14.4. The lowest BCUT2D eigenvalue weighted by atomic mass is 9.97. The molecule has 10 heteroatoms. The molecule has 0 saturated carbocycles. The van der Waals surface area contributed by atoms with Crippen molar-refractivity contribution in [3.8, 4) is 11.1 Å². The highest BCUT2D eigenvalue weighted by Gasteiger charge is 2.46. The second kappa shape index (κ2) is 16.3. The van der Waals surface area contributed by atoms with Crippen LogP contribution < -0.4 is 16.8 Å². The minimum Gasteiger partial charge on any atom is -0.388 e. The van der Waals surface area contributed by atoms with Gasteiger partial charge in [0, 0.05) is 13.0 Å². The van der Waals surface area contributed by atoms with Crippen LogP contribution in [0, 0.1) is 0 Å². The van der Waals surface area contributed by atoms with Gasteiger partial charge in [-0.05, 0) is 34.9 Å². The predicted molar refractivity (Wildman–Crippen MR) is 167 cm³/mol. The zero-order chi connectivity index (χ0) is 29.7. The second-order valence-corrected chi connectivity index (χ2v) is 11.0. The monoisotopic (exact) mass is 592 g/mol. The average Bonchev–Trinajstić information content (AvgIpc) is 3.01. The van der Waals surface area contributed by atoms with Crippen molar-refractivity contribution in [3.05, 3.63) is 96.1 Å². The van der Waals surface area contributed by atoms with Gasteiger partial charge in [-0.2, -0.15) is 0 Å². The Morgan fingerprint density at radius 3 is 2.26 bits per heavy atom. The van der Waals surface area contributed by atoms with Crippen LogP contribution in [0.1, 0.15) is 24.0 Å². The van der Waals surface area contributed by atoms with Crippen LogP contribution in [0.25, 0.3) is 11.1 Å². The summed E-state index contributed by atoms with van der Waals surface area (Å²) >= 11 is 1.45. The van der Waals surface area contributed by atoms with E-state index < -0.39 is 29.8 Å². The van der Waals surface area contributed by atoms with Gasteiger partial charge in [0.2, 0.25) is 5.91 Å². The number of nitrogens with one attached hydrogen (secondary N) is 1. The number of amides is 1. The van der Waals surface area contributed by atoms with E-state index in [1.807, 2.05) is 66.9 Å². The van der Waals surface area contributed by atoms with Crippen LogP contribution in [0.3, 0.4) is 0 Å². The lowest BCUT2D eigenvalue weighted by Crippen LogP contribution is -2.64. The number of guanidine groups is 1. The molecule has 1 unspecified atom stereocenters. The number of benzene rings is 3. The first-order chi connectivity index (χ1) is 20.4. The number of rotatable bonds is 14. The van der Waals surface area contributed by atoms with Crippen LogP contribution in [0.5, 0.6) is 0 Å². The van der Waals surface area contributed by atoms with Crippen molar-refractivity contribution in [2.75, 3.05) is 19.4 Å². The molecule has 1 saturated heterocycles. The Balaban J connectivity index is 1.38. The van der Waals surface area contributed by atoms with Crippen LogP contribution >= 0.6 is 11.8 Å². The molecule has 0 aromatic heterocycles. The number of carbonyl (C=O) groups excluding carboxylic acids is 1. The molecule has 1 amide bonds. The lowest BCUT2D eigenvalue weighted by molar-refractivity contribution is -0.196. The molecular formula is C32H40N4O5S. The Bertz CT molecular complexity index is 1260. The molecule has 3 aromatic carbocycles. The molecule has 5 atom stereocenters. The topological polar surface area (TPSA) is 141 Å². The summed E-state index contributed by atoms with van der Waals surface area (Å²) in [6.45, 7) is 1.18. The van der Waals surface area contributed by atoms with Crippen molar-refractivity contribution in [2.45, 2.75) is 55.8 Å². The molecule has 0 aliphatic carbocycles. The van der Waals surface area contributed by atoms with Crippen LogP contribution in [0.15, 0.2) is 89.9 Å². The van der Waals surface area contributed by atoms with E-state index in [1.54, 1.807) is 0 Å². The fourth-order valence-electron chi connectivity index (χ4n) is 4.80. The van der Waals surface area contributed by atoms with E-state index in [9.17, 15) is 9.90 Å². The first kappa shape index (κ1) is 31.5. The Hall–Kier alpha value is -3.41. The van der Waals surface area contributed by atoms with Crippen molar-refractivity contribution in [2.24, 2.45) is 16.5 Å². The molecule has 1 heterocycles. The van der Waals surface area contributed by atoms with E-state index in [0.29, 0.717) is 19.6 Å². The molecule has 4 rings (SSSR count). The first-order valence-electron chi connectivity index (χ1n) is 14.0. The summed E-state index contributed by atoms with van der Waals surface area (Å²) in [5.74, 6) is -0.198. The van der Waals surface area contributed by atoms with Gasteiger partial charge in [-0.25, -0.2) is 0 Å². The standard InChI is InChI=1S/C32H40N4O5S/c1-42-31-28(36-27(37)13-8-18-35-32(33)34)30(40-20-22-9-4-2-5-10-22)29(38)26(41-31)21-39-19-23-14-16-25(17-15-23)24-11-6-3-7-12-24/h2-7,9-12,14-17,26,28-31,38H,8,13,18-21H2,1H3,(H,36,37)(H4,33,34,35)/t26-,28-,29-,30-,31?/m1/s1. The third-order valence-electron chi connectivity index (χ3n) is 6.99. The SMILES string of the molecule is CSC1O[C@H](COCc2ccc(-c3ccccc3)cc2)[C@@H](O)[C@H](OCc2ccccc2)[C@H]1NC(=O)CCCN=C(N)N. The van der Waals surface area contributed by atoms with Crippen molar-refractivity contribution in [1.29, 1.82) is 0 Å². The minimum absolute atomic E-state index is 0.00602. The molecule has 0 radical (unpaired) electrons. The van der Waals surface area contributed by atoms with Crippen LogP contribution in [0.4, 0.5) is 0 Å². The summed E-state index contributed by atoms with van der Waals surface area (Å²) < 4.78 is 18.5. The fourth-order valence-corrected chi connectivity index (χ4v) is 5.57. The van der Waals surface area contributed by atoms with E-state index in [1.165, 1.54) is 11.8 Å². The number of nitrogens with zero attached hydrogens (tertiary/aromatic N) is 1. The van der Waals surface area contributed by atoms with E-state index in [0.717, 1.165) is 22.3 Å². The number of hydrogen-bond donors (Lipinski definition) is 4. The van der Waals surface area contributed by atoms with Crippen molar-refractivity contribution < 1.29 is 24.1 Å². The number of nitrogens with two attached hydrogens (primary N) is 2. The summed E-state index contributed by atoms with van der Waals surface area (Å²) in [4.78, 5) is 16.7. The quantitative estimate of drug-likeness (QED) is 0.127.